The van der Waals surface area contributed by atoms with Gasteiger partial charge < -0.3 is 4.90 Å². The van der Waals surface area contributed by atoms with Crippen LogP contribution in [0.25, 0.3) is 0 Å². The molecule has 1 atom stereocenters. The molecule has 0 saturated heterocycles. The van der Waals surface area contributed by atoms with Crippen LogP contribution in [-0.4, -0.2) is 17.4 Å². The molecule has 2 nitrogen and oxygen atoms in total. The van der Waals surface area contributed by atoms with Gasteiger partial charge in [0.25, 0.3) is 0 Å². The maximum absolute atomic E-state index is 12.0. The molecule has 3 rings (SSSR count). The van der Waals surface area contributed by atoms with Crippen molar-refractivity contribution >= 4 is 56.1 Å². The predicted octanol–water partition coefficient (Wildman–Crippen LogP) is 4.89. The normalized spacial score (nSPS) is 17.9. The number of amides is 1. The Hall–Kier alpha value is -0.620. The zero-order valence-electron chi connectivity index (χ0n) is 10.4. The second-order valence-corrected chi connectivity index (χ2v) is 7.95. The van der Waals surface area contributed by atoms with Gasteiger partial charge in [0.15, 0.2) is 0 Å². The Balaban J connectivity index is 2.06. The molecule has 0 aromatic carbocycles. The second-order valence-electron chi connectivity index (χ2n) is 4.58. The van der Waals surface area contributed by atoms with Crippen LogP contribution in [0.2, 0.25) is 4.34 Å². The van der Waals surface area contributed by atoms with Crippen LogP contribution in [0.1, 0.15) is 21.9 Å². The van der Waals surface area contributed by atoms with Gasteiger partial charge >= 0.3 is 0 Å². The Morgan fingerprint density at radius 2 is 2.30 bits per heavy atom. The summed E-state index contributed by atoms with van der Waals surface area (Å²) in [5, 5.41) is 4.20. The van der Waals surface area contributed by atoms with Crippen molar-refractivity contribution in [2.45, 2.75) is 12.5 Å². The Kier molecular flexibility index (Phi) is 4.04. The van der Waals surface area contributed by atoms with Crippen molar-refractivity contribution in [1.82, 2.24) is 4.90 Å². The van der Waals surface area contributed by atoms with E-state index in [1.165, 1.54) is 22.1 Å². The zero-order valence-corrected chi connectivity index (χ0v) is 14.4. The number of halogens is 2. The summed E-state index contributed by atoms with van der Waals surface area (Å²) in [5.41, 5.74) is 2.46. The molecule has 0 unspecified atom stereocenters. The van der Waals surface area contributed by atoms with Crippen molar-refractivity contribution in [1.29, 1.82) is 0 Å². The standard InChI is InChI=1S/C14H11BrClNOS2/c1-2-14(18)17-4-9(10-6-19-7-11(10)15)8-3-13(16)20-12(8)5-17/h2-3,6-7,9H,1,4-5H2/t9-/m1/s1. The van der Waals surface area contributed by atoms with Crippen LogP contribution in [0.3, 0.4) is 0 Å². The average molecular weight is 389 g/mol. The Bertz CT molecular complexity index is 679. The molecule has 20 heavy (non-hydrogen) atoms. The first kappa shape index (κ1) is 14.3. The summed E-state index contributed by atoms with van der Waals surface area (Å²) in [7, 11) is 0. The van der Waals surface area contributed by atoms with Crippen LogP contribution in [0.15, 0.2) is 34.0 Å². The van der Waals surface area contributed by atoms with Crippen LogP contribution >= 0.6 is 50.2 Å². The van der Waals surface area contributed by atoms with Crippen molar-refractivity contribution < 1.29 is 4.79 Å². The maximum Gasteiger partial charge on any atom is 0.246 e. The number of hydrogen-bond acceptors (Lipinski definition) is 3. The first-order valence-electron chi connectivity index (χ1n) is 6.01. The SMILES string of the molecule is C=CC(=O)N1Cc2sc(Cl)cc2[C@H](c2cscc2Br)C1. The molecule has 0 aliphatic carbocycles. The molecule has 6 heteroatoms. The molecule has 0 N–H and O–H groups in total. The molecule has 3 heterocycles. The fraction of sp³-hybridized carbons (Fsp3) is 0.214. The summed E-state index contributed by atoms with van der Waals surface area (Å²) < 4.78 is 1.87. The summed E-state index contributed by atoms with van der Waals surface area (Å²) in [6, 6.07) is 2.03. The quantitative estimate of drug-likeness (QED) is 0.671. The zero-order chi connectivity index (χ0) is 14.3. The van der Waals surface area contributed by atoms with Crippen molar-refractivity contribution in [3.63, 3.8) is 0 Å². The highest BCUT2D eigenvalue weighted by Gasteiger charge is 2.31. The Morgan fingerprint density at radius 1 is 1.50 bits per heavy atom. The van der Waals surface area contributed by atoms with Gasteiger partial charge in [-0.15, -0.1) is 11.3 Å². The number of nitrogens with zero attached hydrogens (tertiary/aromatic N) is 1. The van der Waals surface area contributed by atoms with Gasteiger partial charge in [-0.3, -0.25) is 4.79 Å². The first-order chi connectivity index (χ1) is 9.60. The molecular formula is C14H11BrClNOS2. The highest BCUT2D eigenvalue weighted by Crippen LogP contribution is 2.42. The van der Waals surface area contributed by atoms with Crippen molar-refractivity contribution in [3.05, 3.63) is 54.3 Å². The number of fused-ring (bicyclic) bond motifs is 1. The van der Waals surface area contributed by atoms with Gasteiger partial charge in [0.2, 0.25) is 5.91 Å². The third-order valence-corrected chi connectivity index (χ3v) is 6.44. The summed E-state index contributed by atoms with van der Waals surface area (Å²) in [4.78, 5) is 15.0. The molecule has 0 bridgehead atoms. The molecule has 104 valence electrons. The van der Waals surface area contributed by atoms with E-state index in [0.717, 1.165) is 8.81 Å². The third-order valence-electron chi connectivity index (χ3n) is 3.43. The van der Waals surface area contributed by atoms with Crippen LogP contribution in [0.5, 0.6) is 0 Å². The minimum absolute atomic E-state index is 0.0310. The highest BCUT2D eigenvalue weighted by atomic mass is 79.9. The minimum Gasteiger partial charge on any atom is -0.333 e. The molecule has 2 aromatic heterocycles. The van der Waals surface area contributed by atoms with Crippen LogP contribution in [-0.2, 0) is 11.3 Å². The Morgan fingerprint density at radius 3 is 2.95 bits per heavy atom. The van der Waals surface area contributed by atoms with Gasteiger partial charge in [0, 0.05) is 27.2 Å². The first-order valence-corrected chi connectivity index (χ1v) is 8.94. The van der Waals surface area contributed by atoms with Gasteiger partial charge in [-0.25, -0.2) is 0 Å². The van der Waals surface area contributed by atoms with Gasteiger partial charge in [-0.1, -0.05) is 18.2 Å². The van der Waals surface area contributed by atoms with E-state index in [0.29, 0.717) is 13.1 Å². The van der Waals surface area contributed by atoms with Gasteiger partial charge in [0.05, 0.1) is 10.9 Å². The fourth-order valence-corrected chi connectivity index (χ4v) is 5.47. The van der Waals surface area contributed by atoms with E-state index >= 15 is 0 Å². The topological polar surface area (TPSA) is 20.3 Å². The lowest BCUT2D eigenvalue weighted by molar-refractivity contribution is -0.127. The molecule has 0 fully saturated rings. The number of carbonyl (C=O) groups is 1. The molecule has 0 spiro atoms. The smallest absolute Gasteiger partial charge is 0.246 e. The van der Waals surface area contributed by atoms with Crippen LogP contribution in [0, 0.1) is 0 Å². The van der Waals surface area contributed by atoms with Crippen molar-refractivity contribution in [2.75, 3.05) is 6.54 Å². The summed E-state index contributed by atoms with van der Waals surface area (Å²) in [6.07, 6.45) is 1.37. The van der Waals surface area contributed by atoms with E-state index in [1.807, 2.05) is 11.0 Å². The summed E-state index contributed by atoms with van der Waals surface area (Å²) >= 11 is 13.0. The lowest BCUT2D eigenvalue weighted by Crippen LogP contribution is -2.36. The number of thiophene rings is 2. The lowest BCUT2D eigenvalue weighted by Gasteiger charge is -2.32. The molecule has 1 aliphatic heterocycles. The van der Waals surface area contributed by atoms with Crippen LogP contribution in [0.4, 0.5) is 0 Å². The van der Waals surface area contributed by atoms with Gasteiger partial charge in [-0.05, 0) is 44.6 Å². The van der Waals surface area contributed by atoms with E-state index in [-0.39, 0.29) is 11.8 Å². The molecule has 1 amide bonds. The summed E-state index contributed by atoms with van der Waals surface area (Å²) in [6.45, 7) is 4.87. The summed E-state index contributed by atoms with van der Waals surface area (Å²) in [5.74, 6) is 0.142. The second kappa shape index (κ2) is 5.64. The number of rotatable bonds is 2. The van der Waals surface area contributed by atoms with Gasteiger partial charge in [0.1, 0.15) is 0 Å². The maximum atomic E-state index is 12.0. The van der Waals surface area contributed by atoms with E-state index in [1.54, 1.807) is 22.7 Å². The monoisotopic (exact) mass is 387 g/mol. The fourth-order valence-electron chi connectivity index (χ4n) is 2.49. The number of carbonyl (C=O) groups excluding carboxylic acids is 1. The third kappa shape index (κ3) is 2.48. The largest absolute Gasteiger partial charge is 0.333 e. The molecular weight excluding hydrogens is 378 g/mol. The lowest BCUT2D eigenvalue weighted by atomic mass is 9.90. The number of hydrogen-bond donors (Lipinski definition) is 0. The van der Waals surface area contributed by atoms with E-state index in [4.69, 9.17) is 11.6 Å². The molecule has 2 aromatic rings. The van der Waals surface area contributed by atoms with E-state index < -0.39 is 0 Å². The van der Waals surface area contributed by atoms with E-state index in [2.05, 4.69) is 33.3 Å². The predicted molar refractivity (Wildman–Crippen MR) is 88.8 cm³/mol. The molecule has 0 saturated carbocycles. The Labute approximate surface area is 138 Å². The molecule has 1 aliphatic rings. The van der Waals surface area contributed by atoms with E-state index in [9.17, 15) is 4.79 Å². The average Bonchev–Trinajstić information content (AvgIpc) is 3.01. The minimum atomic E-state index is -0.0310. The van der Waals surface area contributed by atoms with Crippen molar-refractivity contribution in [2.24, 2.45) is 0 Å². The molecule has 0 radical (unpaired) electrons. The highest BCUT2D eigenvalue weighted by molar-refractivity contribution is 9.10. The van der Waals surface area contributed by atoms with Crippen molar-refractivity contribution in [3.8, 4) is 0 Å². The van der Waals surface area contributed by atoms with Gasteiger partial charge in [-0.2, -0.15) is 11.3 Å². The van der Waals surface area contributed by atoms with Crippen LogP contribution < -0.4 is 0 Å².